The van der Waals surface area contributed by atoms with Crippen molar-refractivity contribution in [2.45, 2.75) is 32.2 Å². The number of quaternary nitrogens is 1. The first-order valence-corrected chi connectivity index (χ1v) is 9.32. The molecule has 1 aliphatic heterocycles. The van der Waals surface area contributed by atoms with E-state index in [1.807, 2.05) is 6.07 Å². The number of benzene rings is 2. The number of nitrogens with one attached hydrogen (secondary N) is 1. The van der Waals surface area contributed by atoms with Crippen LogP contribution in [0.15, 0.2) is 42.5 Å². The fraction of sp³-hybridized carbons (Fsp3) is 0.364. The van der Waals surface area contributed by atoms with Crippen LogP contribution < -0.4 is 9.64 Å². The van der Waals surface area contributed by atoms with Gasteiger partial charge in [0.05, 0.1) is 20.2 Å². The second-order valence-corrected chi connectivity index (χ2v) is 7.08. The van der Waals surface area contributed by atoms with Crippen LogP contribution >= 0.6 is 0 Å². The third-order valence-corrected chi connectivity index (χ3v) is 5.29. The largest absolute Gasteiger partial charge is 0.496 e. The highest BCUT2D eigenvalue weighted by atomic mass is 19.1. The molecule has 1 N–H and O–H groups in total. The highest BCUT2D eigenvalue weighted by molar-refractivity contribution is 5.99. The van der Waals surface area contributed by atoms with Crippen LogP contribution in [0.1, 0.15) is 46.0 Å². The topological polar surface area (TPSA) is 47.8 Å². The standard InChI is InChI=1S/C22H24FNO3/c1-15(25)17-7-10-21(27-2)18(13-17)14-20(24-11-3-4-12-24)22(26)16-5-8-19(23)9-6-16/h5-10,13,20H,3-4,11-12,14H2,1-2H3/p+1/t20-/m1/s1. The van der Waals surface area contributed by atoms with E-state index in [0.717, 1.165) is 31.5 Å². The Balaban J connectivity index is 1.94. The molecule has 0 aliphatic carbocycles. The number of hydrogen-bond acceptors (Lipinski definition) is 3. The van der Waals surface area contributed by atoms with Crippen LogP contribution in [-0.4, -0.2) is 37.8 Å². The molecule has 27 heavy (non-hydrogen) atoms. The van der Waals surface area contributed by atoms with E-state index >= 15 is 0 Å². The quantitative estimate of drug-likeness (QED) is 0.762. The van der Waals surface area contributed by atoms with Gasteiger partial charge < -0.3 is 9.64 Å². The lowest BCUT2D eigenvalue weighted by Gasteiger charge is -2.24. The minimum Gasteiger partial charge on any atom is -0.496 e. The van der Waals surface area contributed by atoms with Gasteiger partial charge in [-0.05, 0) is 49.4 Å². The van der Waals surface area contributed by atoms with Gasteiger partial charge in [-0.1, -0.05) is 0 Å². The molecule has 0 radical (unpaired) electrons. The van der Waals surface area contributed by atoms with Gasteiger partial charge in [0.15, 0.2) is 11.8 Å². The first-order valence-electron chi connectivity index (χ1n) is 9.32. The average Bonchev–Trinajstić information content (AvgIpc) is 3.20. The summed E-state index contributed by atoms with van der Waals surface area (Å²) in [4.78, 5) is 26.2. The minimum atomic E-state index is -0.354. The van der Waals surface area contributed by atoms with Crippen LogP contribution in [0.25, 0.3) is 0 Å². The van der Waals surface area contributed by atoms with Crippen LogP contribution in [0.5, 0.6) is 5.75 Å². The molecule has 0 aromatic heterocycles. The normalized spacial score (nSPS) is 15.5. The number of ether oxygens (including phenoxy) is 1. The lowest BCUT2D eigenvalue weighted by Crippen LogP contribution is -3.15. The molecule has 1 saturated heterocycles. The number of rotatable bonds is 7. The summed E-state index contributed by atoms with van der Waals surface area (Å²) in [6, 6.07) is 10.8. The van der Waals surface area contributed by atoms with E-state index in [2.05, 4.69) is 0 Å². The molecule has 2 aromatic rings. The Morgan fingerprint density at radius 2 is 1.70 bits per heavy atom. The summed E-state index contributed by atoms with van der Waals surface area (Å²) in [6.07, 6.45) is 2.66. The number of carbonyl (C=O) groups is 2. The molecule has 1 aliphatic rings. The summed E-state index contributed by atoms with van der Waals surface area (Å²) in [5.74, 6) is 0.305. The molecule has 0 bridgehead atoms. The average molecular weight is 370 g/mol. The van der Waals surface area contributed by atoms with Crippen molar-refractivity contribution in [2.75, 3.05) is 20.2 Å². The van der Waals surface area contributed by atoms with Crippen molar-refractivity contribution in [2.24, 2.45) is 0 Å². The maximum Gasteiger partial charge on any atom is 0.220 e. The van der Waals surface area contributed by atoms with Crippen LogP contribution in [0.4, 0.5) is 4.39 Å². The fourth-order valence-electron chi connectivity index (χ4n) is 3.79. The van der Waals surface area contributed by atoms with Gasteiger partial charge in [-0.25, -0.2) is 4.39 Å². The highest BCUT2D eigenvalue weighted by Gasteiger charge is 2.33. The van der Waals surface area contributed by atoms with E-state index in [0.29, 0.717) is 23.3 Å². The first kappa shape index (κ1) is 19.2. The van der Waals surface area contributed by atoms with Gasteiger partial charge in [0.2, 0.25) is 5.78 Å². The first-order chi connectivity index (χ1) is 13.0. The Morgan fingerprint density at radius 3 is 2.30 bits per heavy atom. The Bertz CT molecular complexity index is 826. The molecular weight excluding hydrogens is 345 g/mol. The molecule has 142 valence electrons. The molecule has 1 fully saturated rings. The Kier molecular flexibility index (Phi) is 6.01. The maximum atomic E-state index is 13.3. The van der Waals surface area contributed by atoms with Gasteiger partial charge in [0.25, 0.3) is 0 Å². The van der Waals surface area contributed by atoms with E-state index < -0.39 is 0 Å². The van der Waals surface area contributed by atoms with Gasteiger partial charge in [0.1, 0.15) is 11.6 Å². The minimum absolute atomic E-state index is 0.00202. The molecule has 1 heterocycles. The number of carbonyl (C=O) groups excluding carboxylic acids is 2. The second kappa shape index (κ2) is 8.44. The summed E-state index contributed by atoms with van der Waals surface area (Å²) in [5.41, 5.74) is 1.97. The number of Topliss-reactive ketones (excluding diaryl/α,β-unsaturated/α-hetero) is 2. The SMILES string of the molecule is COc1ccc(C(C)=O)cc1C[C@H](C(=O)c1ccc(F)cc1)[NH+]1CCCC1. The van der Waals surface area contributed by atoms with E-state index in [1.54, 1.807) is 31.4 Å². The van der Waals surface area contributed by atoms with E-state index in [-0.39, 0.29) is 23.4 Å². The smallest absolute Gasteiger partial charge is 0.220 e. The molecule has 0 spiro atoms. The molecule has 5 heteroatoms. The van der Waals surface area contributed by atoms with Crippen molar-refractivity contribution in [3.05, 3.63) is 65.0 Å². The molecule has 0 saturated carbocycles. The summed E-state index contributed by atoms with van der Waals surface area (Å²) < 4.78 is 18.7. The zero-order valence-electron chi connectivity index (χ0n) is 15.8. The number of halogens is 1. The van der Waals surface area contributed by atoms with Crippen molar-refractivity contribution in [1.82, 2.24) is 0 Å². The highest BCUT2D eigenvalue weighted by Crippen LogP contribution is 2.22. The number of methoxy groups -OCH3 is 1. The zero-order valence-corrected chi connectivity index (χ0v) is 15.8. The van der Waals surface area contributed by atoms with Crippen LogP contribution in [0.3, 0.4) is 0 Å². The number of ketones is 2. The summed E-state index contributed by atoms with van der Waals surface area (Å²) in [5, 5.41) is 0. The van der Waals surface area contributed by atoms with E-state index in [9.17, 15) is 14.0 Å². The third kappa shape index (κ3) is 4.42. The van der Waals surface area contributed by atoms with Crippen LogP contribution in [0.2, 0.25) is 0 Å². The van der Waals surface area contributed by atoms with Crippen molar-refractivity contribution in [1.29, 1.82) is 0 Å². The monoisotopic (exact) mass is 370 g/mol. The van der Waals surface area contributed by atoms with Crippen LogP contribution in [-0.2, 0) is 6.42 Å². The molecule has 0 unspecified atom stereocenters. The lowest BCUT2D eigenvalue weighted by atomic mass is 9.94. The molecular formula is C22H25FNO3+. The van der Waals surface area contributed by atoms with Gasteiger partial charge >= 0.3 is 0 Å². The molecule has 3 rings (SSSR count). The van der Waals surface area contributed by atoms with Crippen molar-refractivity contribution < 1.29 is 23.6 Å². The molecule has 4 nitrogen and oxygen atoms in total. The van der Waals surface area contributed by atoms with Gasteiger partial charge in [0, 0.05) is 36.0 Å². The van der Waals surface area contributed by atoms with Gasteiger partial charge in [-0.2, -0.15) is 0 Å². The summed E-state index contributed by atoms with van der Waals surface area (Å²) in [6.45, 7) is 3.40. The molecule has 2 aromatic carbocycles. The van der Waals surface area contributed by atoms with Crippen LogP contribution in [0, 0.1) is 5.82 Å². The van der Waals surface area contributed by atoms with Gasteiger partial charge in [-0.15, -0.1) is 0 Å². The zero-order chi connectivity index (χ0) is 19.4. The Hall–Kier alpha value is -2.53. The summed E-state index contributed by atoms with van der Waals surface area (Å²) >= 11 is 0. The van der Waals surface area contributed by atoms with Crippen molar-refractivity contribution in [3.63, 3.8) is 0 Å². The number of likely N-dealkylation sites (tertiary alicyclic amines) is 1. The van der Waals surface area contributed by atoms with Crippen molar-refractivity contribution >= 4 is 11.6 Å². The lowest BCUT2D eigenvalue weighted by molar-refractivity contribution is -0.903. The van der Waals surface area contributed by atoms with Gasteiger partial charge in [-0.3, -0.25) is 9.59 Å². The second-order valence-electron chi connectivity index (χ2n) is 7.08. The Labute approximate surface area is 158 Å². The molecule has 1 atom stereocenters. The van der Waals surface area contributed by atoms with E-state index in [1.165, 1.54) is 24.0 Å². The molecule has 0 amide bonds. The Morgan fingerprint density at radius 1 is 1.07 bits per heavy atom. The van der Waals surface area contributed by atoms with Crippen molar-refractivity contribution in [3.8, 4) is 5.75 Å². The third-order valence-electron chi connectivity index (χ3n) is 5.29. The predicted molar refractivity (Wildman–Crippen MR) is 101 cm³/mol. The number of hydrogen-bond donors (Lipinski definition) is 1. The predicted octanol–water partition coefficient (Wildman–Crippen LogP) is 2.51. The van der Waals surface area contributed by atoms with E-state index in [4.69, 9.17) is 4.74 Å². The fourth-order valence-corrected chi connectivity index (χ4v) is 3.79. The summed E-state index contributed by atoms with van der Waals surface area (Å²) in [7, 11) is 1.59. The maximum absolute atomic E-state index is 13.3.